The number of hydrogen-bond acceptors (Lipinski definition) is 5. The van der Waals surface area contributed by atoms with E-state index < -0.39 is 24.3 Å². The molecular weight excluding hydrogens is 505 g/mol. The van der Waals surface area contributed by atoms with Gasteiger partial charge in [-0.2, -0.15) is 13.2 Å². The number of rotatable bonds is 5. The molecule has 1 aliphatic heterocycles. The van der Waals surface area contributed by atoms with Crippen molar-refractivity contribution in [3.8, 4) is 5.75 Å². The SMILES string of the molecule is O=C(COc1ccc(Br)cc1/C=C1\SC(=S)NC1=O)Nc1ccccc1C(F)(F)F. The molecule has 2 amide bonds. The Labute approximate surface area is 187 Å². The Kier molecular flexibility index (Phi) is 6.84. The van der Waals surface area contributed by atoms with Crippen LogP contribution in [0.1, 0.15) is 11.1 Å². The van der Waals surface area contributed by atoms with Crippen molar-refractivity contribution in [1.82, 2.24) is 5.32 Å². The van der Waals surface area contributed by atoms with E-state index in [1.807, 2.05) is 0 Å². The van der Waals surface area contributed by atoms with Crippen LogP contribution in [0, 0.1) is 0 Å². The van der Waals surface area contributed by atoms with Gasteiger partial charge < -0.3 is 15.4 Å². The minimum atomic E-state index is -4.60. The van der Waals surface area contributed by atoms with Crippen LogP contribution in [0.4, 0.5) is 18.9 Å². The molecule has 0 bridgehead atoms. The van der Waals surface area contributed by atoms with Crippen LogP contribution in [-0.2, 0) is 15.8 Å². The smallest absolute Gasteiger partial charge is 0.418 e. The maximum Gasteiger partial charge on any atom is 0.418 e. The molecule has 0 aliphatic carbocycles. The third-order valence-corrected chi connectivity index (χ3v) is 5.42. The minimum absolute atomic E-state index is 0.274. The molecule has 1 heterocycles. The van der Waals surface area contributed by atoms with Gasteiger partial charge in [-0.3, -0.25) is 9.59 Å². The number of nitrogens with one attached hydrogen (secondary N) is 2. The molecule has 30 heavy (non-hydrogen) atoms. The zero-order chi connectivity index (χ0) is 21.9. The number of carbonyl (C=O) groups is 2. The highest BCUT2D eigenvalue weighted by atomic mass is 79.9. The van der Waals surface area contributed by atoms with Crippen molar-refractivity contribution in [3.05, 3.63) is 63.0 Å². The van der Waals surface area contributed by atoms with Crippen molar-refractivity contribution in [1.29, 1.82) is 0 Å². The predicted octanol–water partition coefficient (Wildman–Crippen LogP) is 4.97. The lowest BCUT2D eigenvalue weighted by Gasteiger charge is -2.14. The Morgan fingerprint density at radius 1 is 1.27 bits per heavy atom. The number of para-hydroxylation sites is 1. The number of benzene rings is 2. The van der Waals surface area contributed by atoms with Crippen molar-refractivity contribution >= 4 is 67.8 Å². The van der Waals surface area contributed by atoms with Crippen LogP contribution < -0.4 is 15.4 Å². The summed E-state index contributed by atoms with van der Waals surface area (Å²) in [6.07, 6.45) is -3.05. The Balaban J connectivity index is 1.74. The molecule has 2 aromatic rings. The lowest BCUT2D eigenvalue weighted by molar-refractivity contribution is -0.137. The van der Waals surface area contributed by atoms with E-state index in [9.17, 15) is 22.8 Å². The largest absolute Gasteiger partial charge is 0.483 e. The van der Waals surface area contributed by atoms with Crippen molar-refractivity contribution in [2.75, 3.05) is 11.9 Å². The molecule has 0 saturated carbocycles. The monoisotopic (exact) mass is 516 g/mol. The van der Waals surface area contributed by atoms with Crippen molar-refractivity contribution in [2.24, 2.45) is 0 Å². The maximum absolute atomic E-state index is 13.1. The van der Waals surface area contributed by atoms with Gasteiger partial charge in [-0.1, -0.05) is 52.0 Å². The van der Waals surface area contributed by atoms with Crippen molar-refractivity contribution in [3.63, 3.8) is 0 Å². The van der Waals surface area contributed by atoms with E-state index in [1.165, 1.54) is 12.1 Å². The number of ether oxygens (including phenoxy) is 1. The number of halogens is 4. The van der Waals surface area contributed by atoms with Gasteiger partial charge in [-0.25, -0.2) is 0 Å². The second-order valence-corrected chi connectivity index (χ2v) is 8.55. The first-order valence-electron chi connectivity index (χ1n) is 8.27. The standard InChI is InChI=1S/C19H12BrF3N2O3S2/c20-11-5-6-14(10(7-11)8-15-17(27)25-18(29)30-15)28-9-16(26)24-13-4-2-1-3-12(13)19(21,22)23/h1-8H,9H2,(H,24,26)(H,25,27,29)/b15-8-. The Hall–Kier alpha value is -2.37. The molecule has 0 aromatic heterocycles. The van der Waals surface area contributed by atoms with E-state index in [-0.39, 0.29) is 17.3 Å². The van der Waals surface area contributed by atoms with Crippen molar-refractivity contribution < 1.29 is 27.5 Å². The van der Waals surface area contributed by atoms with Gasteiger partial charge in [0, 0.05) is 10.0 Å². The number of thioether (sulfide) groups is 1. The van der Waals surface area contributed by atoms with Crippen LogP contribution in [0.15, 0.2) is 51.8 Å². The van der Waals surface area contributed by atoms with Gasteiger partial charge in [0.1, 0.15) is 10.1 Å². The summed E-state index contributed by atoms with van der Waals surface area (Å²) < 4.78 is 45.7. The maximum atomic E-state index is 13.1. The number of carbonyl (C=O) groups excluding carboxylic acids is 2. The summed E-state index contributed by atoms with van der Waals surface area (Å²) in [5.74, 6) is -0.837. The highest BCUT2D eigenvalue weighted by Gasteiger charge is 2.33. The van der Waals surface area contributed by atoms with E-state index in [2.05, 4.69) is 26.6 Å². The van der Waals surface area contributed by atoms with Crippen LogP contribution >= 0.6 is 39.9 Å². The normalized spacial score (nSPS) is 15.3. The first kappa shape index (κ1) is 22.3. The summed E-state index contributed by atoms with van der Waals surface area (Å²) in [6.45, 7) is -0.526. The number of alkyl halides is 3. The average Bonchev–Trinajstić information content (AvgIpc) is 2.97. The number of hydrogen-bond donors (Lipinski definition) is 2. The van der Waals surface area contributed by atoms with E-state index >= 15 is 0 Å². The minimum Gasteiger partial charge on any atom is -0.483 e. The second kappa shape index (κ2) is 9.19. The van der Waals surface area contributed by atoms with E-state index in [0.29, 0.717) is 19.3 Å². The molecule has 1 aliphatic rings. The highest BCUT2D eigenvalue weighted by molar-refractivity contribution is 9.10. The molecular formula is C19H12BrF3N2O3S2. The summed E-state index contributed by atoms with van der Waals surface area (Å²) in [4.78, 5) is 24.4. The second-order valence-electron chi connectivity index (χ2n) is 5.91. The predicted molar refractivity (Wildman–Crippen MR) is 116 cm³/mol. The van der Waals surface area contributed by atoms with Gasteiger partial charge in [0.25, 0.3) is 11.8 Å². The van der Waals surface area contributed by atoms with Gasteiger partial charge in [-0.05, 0) is 36.4 Å². The third kappa shape index (κ3) is 5.61. The highest BCUT2D eigenvalue weighted by Crippen LogP contribution is 2.35. The Bertz CT molecular complexity index is 1060. The third-order valence-electron chi connectivity index (χ3n) is 3.77. The quantitative estimate of drug-likeness (QED) is 0.433. The molecule has 11 heteroatoms. The van der Waals surface area contributed by atoms with Gasteiger partial charge in [0.05, 0.1) is 16.2 Å². The van der Waals surface area contributed by atoms with Crippen LogP contribution in [0.2, 0.25) is 0 Å². The summed E-state index contributed by atoms with van der Waals surface area (Å²) >= 11 is 9.36. The van der Waals surface area contributed by atoms with Gasteiger partial charge >= 0.3 is 6.18 Å². The van der Waals surface area contributed by atoms with Gasteiger partial charge in [-0.15, -0.1) is 0 Å². The van der Waals surface area contributed by atoms with Crippen LogP contribution in [0.5, 0.6) is 5.75 Å². The molecule has 2 aromatic carbocycles. The first-order valence-corrected chi connectivity index (χ1v) is 10.3. The van der Waals surface area contributed by atoms with Gasteiger partial charge in [0.2, 0.25) is 0 Å². The molecule has 156 valence electrons. The zero-order valence-electron chi connectivity index (χ0n) is 14.9. The molecule has 3 rings (SSSR count). The lowest BCUT2D eigenvalue weighted by Crippen LogP contribution is -2.22. The molecule has 0 radical (unpaired) electrons. The molecule has 0 atom stereocenters. The number of anilines is 1. The first-order chi connectivity index (χ1) is 14.1. The fourth-order valence-corrected chi connectivity index (χ4v) is 3.91. The summed E-state index contributed by atoms with van der Waals surface area (Å²) in [6, 6.07) is 9.58. The van der Waals surface area contributed by atoms with Gasteiger partial charge in [0.15, 0.2) is 6.61 Å². The van der Waals surface area contributed by atoms with E-state index in [4.69, 9.17) is 17.0 Å². The fourth-order valence-electron chi connectivity index (χ4n) is 2.49. The molecule has 5 nitrogen and oxygen atoms in total. The summed E-state index contributed by atoms with van der Waals surface area (Å²) in [7, 11) is 0. The molecule has 0 spiro atoms. The number of thiocarbonyl (C=S) groups is 1. The molecule has 1 saturated heterocycles. The molecule has 2 N–H and O–H groups in total. The number of amides is 2. The van der Waals surface area contributed by atoms with Crippen LogP contribution in [0.25, 0.3) is 6.08 Å². The van der Waals surface area contributed by atoms with E-state index in [0.717, 1.165) is 23.9 Å². The molecule has 1 fully saturated rings. The summed E-state index contributed by atoms with van der Waals surface area (Å²) in [5.41, 5.74) is -0.813. The molecule has 0 unspecified atom stereocenters. The average molecular weight is 517 g/mol. The lowest BCUT2D eigenvalue weighted by atomic mass is 10.1. The van der Waals surface area contributed by atoms with E-state index in [1.54, 1.807) is 24.3 Å². The van der Waals surface area contributed by atoms with Crippen LogP contribution in [0.3, 0.4) is 0 Å². The fraction of sp³-hybridized carbons (Fsp3) is 0.105. The van der Waals surface area contributed by atoms with Crippen LogP contribution in [-0.4, -0.2) is 22.7 Å². The summed E-state index contributed by atoms with van der Waals surface area (Å²) in [5, 5.41) is 4.70. The Morgan fingerprint density at radius 3 is 2.67 bits per heavy atom. The topological polar surface area (TPSA) is 67.4 Å². The Morgan fingerprint density at radius 2 is 2.00 bits per heavy atom. The zero-order valence-corrected chi connectivity index (χ0v) is 18.1. The van der Waals surface area contributed by atoms with Crippen molar-refractivity contribution in [2.45, 2.75) is 6.18 Å².